The smallest absolute Gasteiger partial charge is 0.0383 e. The van der Waals surface area contributed by atoms with E-state index >= 15 is 0 Å². The minimum absolute atomic E-state index is 0.0588. The van der Waals surface area contributed by atoms with Gasteiger partial charge in [-0.3, -0.25) is 0 Å². The van der Waals surface area contributed by atoms with Gasteiger partial charge in [0.15, 0.2) is 0 Å². The molecule has 17 heavy (non-hydrogen) atoms. The van der Waals surface area contributed by atoms with E-state index in [1.54, 1.807) is 6.20 Å². The molecule has 1 unspecified atom stereocenters. The minimum Gasteiger partial charge on any atom is -0.403 e. The molecule has 3 heteroatoms. The highest BCUT2D eigenvalue weighted by Gasteiger charge is 2.05. The van der Waals surface area contributed by atoms with Crippen LogP contribution in [0, 0.1) is 0 Å². The summed E-state index contributed by atoms with van der Waals surface area (Å²) in [5.41, 5.74) is 14.7. The van der Waals surface area contributed by atoms with Crippen LogP contribution in [0.1, 0.15) is 44.9 Å². The van der Waals surface area contributed by atoms with Gasteiger partial charge in [-0.15, -0.1) is 0 Å². The average Bonchev–Trinajstić information content (AvgIpc) is 2.38. The van der Waals surface area contributed by atoms with Gasteiger partial charge in [-0.05, 0) is 36.6 Å². The highest BCUT2D eigenvalue weighted by molar-refractivity contribution is 5.51. The number of rotatable bonds is 4. The molecule has 0 spiro atoms. The van der Waals surface area contributed by atoms with Crippen LogP contribution in [0.2, 0.25) is 0 Å². The summed E-state index contributed by atoms with van der Waals surface area (Å²) in [4.78, 5) is 0. The predicted molar refractivity (Wildman–Crippen MR) is 76.7 cm³/mol. The molecule has 1 rings (SSSR count). The van der Waals surface area contributed by atoms with Gasteiger partial charge >= 0.3 is 0 Å². The first-order chi connectivity index (χ1) is 8.19. The molecule has 3 nitrogen and oxygen atoms in total. The van der Waals surface area contributed by atoms with E-state index in [0.717, 1.165) is 12.1 Å². The van der Waals surface area contributed by atoms with Crippen molar-refractivity contribution in [1.82, 2.24) is 0 Å². The number of hydrogen-bond donors (Lipinski definition) is 3. The number of aryl methyl sites for hydroxylation is 1. The molecule has 0 saturated heterocycles. The van der Waals surface area contributed by atoms with Gasteiger partial charge in [0.05, 0.1) is 0 Å². The highest BCUT2D eigenvalue weighted by Crippen LogP contribution is 2.21. The third kappa shape index (κ3) is 4.91. The van der Waals surface area contributed by atoms with Gasteiger partial charge < -0.3 is 16.8 Å². The maximum atomic E-state index is 5.92. The molecule has 0 aliphatic carbocycles. The molecule has 0 radical (unpaired) electrons. The first-order valence-corrected chi connectivity index (χ1v) is 6.20. The minimum atomic E-state index is 0.0588. The van der Waals surface area contributed by atoms with Gasteiger partial charge in [0.2, 0.25) is 0 Å². The Kier molecular flexibility index (Phi) is 7.89. The predicted octanol–water partition coefficient (Wildman–Crippen LogP) is 3.14. The van der Waals surface area contributed by atoms with Gasteiger partial charge in [0.1, 0.15) is 0 Å². The van der Waals surface area contributed by atoms with Crippen LogP contribution < -0.4 is 16.8 Å². The summed E-state index contributed by atoms with van der Waals surface area (Å²) < 4.78 is 0. The van der Waals surface area contributed by atoms with Crippen LogP contribution in [-0.2, 0) is 6.42 Å². The molecular weight excluding hydrogens is 210 g/mol. The van der Waals surface area contributed by atoms with Crippen LogP contribution in [0.15, 0.2) is 30.6 Å². The lowest BCUT2D eigenvalue weighted by atomic mass is 9.99. The lowest BCUT2D eigenvalue weighted by Crippen LogP contribution is -2.08. The summed E-state index contributed by atoms with van der Waals surface area (Å²) >= 11 is 0. The zero-order valence-corrected chi connectivity index (χ0v) is 11.3. The number of nitrogens with one attached hydrogen (secondary N) is 1. The standard InChI is InChI=1S/C12H19N3.C2H6/c1-3-10-4-5-11(15-7-6-13)8-12(10)9(2)14;1-2/h4-9,15H,3,13-14H2,1-2H3;1-2H3/b7-6+;. The normalized spacial score (nSPS) is 11.8. The van der Waals surface area contributed by atoms with Crippen molar-refractivity contribution in [2.75, 3.05) is 5.32 Å². The Morgan fingerprint density at radius 2 is 2.00 bits per heavy atom. The zero-order valence-electron chi connectivity index (χ0n) is 11.3. The van der Waals surface area contributed by atoms with E-state index in [1.807, 2.05) is 26.8 Å². The monoisotopic (exact) mass is 235 g/mol. The molecule has 0 fully saturated rings. The van der Waals surface area contributed by atoms with Crippen molar-refractivity contribution in [2.45, 2.75) is 40.2 Å². The number of hydrogen-bond acceptors (Lipinski definition) is 3. The fourth-order valence-corrected chi connectivity index (χ4v) is 1.57. The van der Waals surface area contributed by atoms with Crippen molar-refractivity contribution >= 4 is 5.69 Å². The maximum absolute atomic E-state index is 5.92. The van der Waals surface area contributed by atoms with E-state index in [0.29, 0.717) is 0 Å². The number of nitrogens with two attached hydrogens (primary N) is 2. The van der Waals surface area contributed by atoms with Crippen LogP contribution in [0.25, 0.3) is 0 Å². The highest BCUT2D eigenvalue weighted by atomic mass is 14.8. The molecular formula is C14H25N3. The van der Waals surface area contributed by atoms with Crippen LogP contribution in [-0.4, -0.2) is 0 Å². The van der Waals surface area contributed by atoms with Crippen LogP contribution in [0.5, 0.6) is 0 Å². The summed E-state index contributed by atoms with van der Waals surface area (Å²) in [5.74, 6) is 0. The van der Waals surface area contributed by atoms with Gasteiger partial charge in [-0.2, -0.15) is 0 Å². The first kappa shape index (κ1) is 15.5. The molecule has 1 aromatic rings. The van der Waals surface area contributed by atoms with Crippen molar-refractivity contribution in [3.05, 3.63) is 41.7 Å². The van der Waals surface area contributed by atoms with E-state index in [9.17, 15) is 0 Å². The molecule has 0 heterocycles. The SMILES string of the molecule is CC.CCc1ccc(N/C=C/N)cc1C(C)N. The Morgan fingerprint density at radius 1 is 1.35 bits per heavy atom. The maximum Gasteiger partial charge on any atom is 0.0383 e. The second-order valence-corrected chi connectivity index (χ2v) is 3.56. The van der Waals surface area contributed by atoms with Crippen LogP contribution in [0.4, 0.5) is 5.69 Å². The fourth-order valence-electron chi connectivity index (χ4n) is 1.57. The summed E-state index contributed by atoms with van der Waals surface area (Å²) in [6, 6.07) is 6.27. The Hall–Kier alpha value is -1.48. The third-order valence-corrected chi connectivity index (χ3v) is 2.36. The van der Waals surface area contributed by atoms with Crippen molar-refractivity contribution in [1.29, 1.82) is 0 Å². The Labute approximate surface area is 105 Å². The van der Waals surface area contributed by atoms with E-state index in [4.69, 9.17) is 11.5 Å². The lowest BCUT2D eigenvalue weighted by molar-refractivity contribution is 0.801. The van der Waals surface area contributed by atoms with Crippen molar-refractivity contribution < 1.29 is 0 Å². The summed E-state index contributed by atoms with van der Waals surface area (Å²) in [6.07, 6.45) is 4.18. The van der Waals surface area contributed by atoms with E-state index in [-0.39, 0.29) is 6.04 Å². The largest absolute Gasteiger partial charge is 0.403 e. The van der Waals surface area contributed by atoms with Crippen molar-refractivity contribution in [3.63, 3.8) is 0 Å². The molecule has 0 saturated carbocycles. The van der Waals surface area contributed by atoms with Crippen LogP contribution in [0.3, 0.4) is 0 Å². The molecule has 1 aromatic carbocycles. The third-order valence-electron chi connectivity index (χ3n) is 2.36. The van der Waals surface area contributed by atoms with Gasteiger partial charge in [0, 0.05) is 24.1 Å². The molecule has 1 atom stereocenters. The van der Waals surface area contributed by atoms with Crippen LogP contribution >= 0.6 is 0 Å². The Morgan fingerprint density at radius 3 is 2.47 bits per heavy atom. The fraction of sp³-hybridized carbons (Fsp3) is 0.429. The molecule has 0 aliphatic rings. The second kappa shape index (κ2) is 8.65. The molecule has 0 bridgehead atoms. The van der Waals surface area contributed by atoms with E-state index in [1.165, 1.54) is 17.3 Å². The molecule has 96 valence electrons. The zero-order chi connectivity index (χ0) is 13.3. The van der Waals surface area contributed by atoms with E-state index < -0.39 is 0 Å². The Bertz CT molecular complexity index is 343. The van der Waals surface area contributed by atoms with Crippen molar-refractivity contribution in [3.8, 4) is 0 Å². The van der Waals surface area contributed by atoms with Gasteiger partial charge in [0.25, 0.3) is 0 Å². The summed E-state index contributed by atoms with van der Waals surface area (Å²) in [7, 11) is 0. The lowest BCUT2D eigenvalue weighted by Gasteiger charge is -2.13. The molecule has 0 aliphatic heterocycles. The molecule has 0 amide bonds. The van der Waals surface area contributed by atoms with E-state index in [2.05, 4.69) is 24.4 Å². The summed E-state index contributed by atoms with van der Waals surface area (Å²) in [5, 5.41) is 3.08. The average molecular weight is 235 g/mol. The topological polar surface area (TPSA) is 64.1 Å². The van der Waals surface area contributed by atoms with Crippen molar-refractivity contribution in [2.24, 2.45) is 11.5 Å². The Balaban J connectivity index is 0.00000121. The quantitative estimate of drug-likeness (QED) is 0.751. The van der Waals surface area contributed by atoms with Gasteiger partial charge in [-0.1, -0.05) is 26.8 Å². The van der Waals surface area contributed by atoms with Gasteiger partial charge in [-0.25, -0.2) is 0 Å². The summed E-state index contributed by atoms with van der Waals surface area (Å²) in [6.45, 7) is 8.13. The second-order valence-electron chi connectivity index (χ2n) is 3.56. The number of benzene rings is 1. The molecule has 0 aromatic heterocycles. The molecule has 5 N–H and O–H groups in total. The first-order valence-electron chi connectivity index (χ1n) is 6.20. The number of anilines is 1.